The summed E-state index contributed by atoms with van der Waals surface area (Å²) in [6, 6.07) is 0.146. The number of hydrogen-bond acceptors (Lipinski definition) is 2. The van der Waals surface area contributed by atoms with Crippen LogP contribution in [0.4, 0.5) is 0 Å². The quantitative estimate of drug-likeness (QED) is 0.685. The van der Waals surface area contributed by atoms with Crippen LogP contribution in [0.25, 0.3) is 0 Å². The minimum atomic E-state index is 0.146. The molecule has 0 radical (unpaired) electrons. The Bertz CT molecular complexity index is 171. The van der Waals surface area contributed by atoms with E-state index in [1.807, 2.05) is 0 Å². The molecule has 0 amide bonds. The normalized spacial score (nSPS) is 19.1. The number of carbonyl (C=O) groups excluding carboxylic acids is 1. The van der Waals surface area contributed by atoms with E-state index in [0.29, 0.717) is 18.1 Å². The van der Waals surface area contributed by atoms with E-state index >= 15 is 0 Å². The minimum Gasteiger partial charge on any atom is -0.327 e. The van der Waals surface area contributed by atoms with Gasteiger partial charge in [-0.1, -0.05) is 13.8 Å². The summed E-state index contributed by atoms with van der Waals surface area (Å²) < 4.78 is 0. The van der Waals surface area contributed by atoms with Crippen molar-refractivity contribution in [3.63, 3.8) is 0 Å². The molecule has 0 bridgehead atoms. The molecule has 1 aliphatic carbocycles. The summed E-state index contributed by atoms with van der Waals surface area (Å²) in [5, 5.41) is 0. The van der Waals surface area contributed by atoms with E-state index in [4.69, 9.17) is 5.73 Å². The summed E-state index contributed by atoms with van der Waals surface area (Å²) in [5.74, 6) is 1.28. The predicted octanol–water partition coefficient (Wildman–Crippen LogP) is 2.12. The molecular formula is C11H21NO. The number of Topliss-reactive ketones (excluding diaryl/α,β-unsaturated/α-hetero) is 1. The van der Waals surface area contributed by atoms with E-state index in [1.165, 1.54) is 12.8 Å². The lowest BCUT2D eigenvalue weighted by Gasteiger charge is -2.14. The molecule has 13 heavy (non-hydrogen) atoms. The summed E-state index contributed by atoms with van der Waals surface area (Å²) in [7, 11) is 0. The average molecular weight is 183 g/mol. The molecule has 1 aliphatic rings. The van der Waals surface area contributed by atoms with E-state index in [0.717, 1.165) is 12.8 Å². The van der Waals surface area contributed by atoms with Crippen LogP contribution in [0.2, 0.25) is 0 Å². The van der Waals surface area contributed by atoms with Gasteiger partial charge in [0.25, 0.3) is 0 Å². The van der Waals surface area contributed by atoms with E-state index < -0.39 is 0 Å². The first-order valence-corrected chi connectivity index (χ1v) is 5.47. The van der Waals surface area contributed by atoms with Crippen LogP contribution >= 0.6 is 0 Å². The second kappa shape index (κ2) is 4.75. The van der Waals surface area contributed by atoms with Crippen LogP contribution in [0.3, 0.4) is 0 Å². The standard InChI is InChI=1S/C11H21NO/c1-3-8(4-2)11(13)7-10(12)9-5-6-9/h8-10H,3-7,12H2,1-2H3. The van der Waals surface area contributed by atoms with Crippen molar-refractivity contribution in [3.05, 3.63) is 0 Å². The van der Waals surface area contributed by atoms with Crippen LogP contribution in [-0.4, -0.2) is 11.8 Å². The molecular weight excluding hydrogens is 162 g/mol. The van der Waals surface area contributed by atoms with Gasteiger partial charge in [-0.25, -0.2) is 0 Å². The van der Waals surface area contributed by atoms with E-state index in [9.17, 15) is 4.79 Å². The molecule has 0 spiro atoms. The third kappa shape index (κ3) is 3.11. The molecule has 1 fully saturated rings. The van der Waals surface area contributed by atoms with Crippen LogP contribution in [-0.2, 0) is 4.79 Å². The molecule has 0 aliphatic heterocycles. The van der Waals surface area contributed by atoms with E-state index in [2.05, 4.69) is 13.8 Å². The number of ketones is 1. The fraction of sp³-hybridized carbons (Fsp3) is 0.909. The van der Waals surface area contributed by atoms with Crippen molar-refractivity contribution in [3.8, 4) is 0 Å². The van der Waals surface area contributed by atoms with E-state index in [-0.39, 0.29) is 12.0 Å². The number of hydrogen-bond donors (Lipinski definition) is 1. The predicted molar refractivity (Wildman–Crippen MR) is 54.4 cm³/mol. The zero-order chi connectivity index (χ0) is 9.84. The Hall–Kier alpha value is -0.370. The number of nitrogens with two attached hydrogens (primary N) is 1. The van der Waals surface area contributed by atoms with Crippen molar-refractivity contribution in [2.24, 2.45) is 17.6 Å². The van der Waals surface area contributed by atoms with Gasteiger partial charge in [0, 0.05) is 18.4 Å². The maximum absolute atomic E-state index is 11.7. The lowest BCUT2D eigenvalue weighted by Crippen LogP contribution is -2.28. The summed E-state index contributed by atoms with van der Waals surface area (Å²) in [5.41, 5.74) is 5.91. The van der Waals surface area contributed by atoms with Crippen molar-refractivity contribution in [2.45, 2.75) is 52.0 Å². The highest BCUT2D eigenvalue weighted by atomic mass is 16.1. The fourth-order valence-corrected chi connectivity index (χ4v) is 1.83. The first-order chi connectivity index (χ1) is 6.19. The van der Waals surface area contributed by atoms with Crippen molar-refractivity contribution < 1.29 is 4.79 Å². The molecule has 1 rings (SSSR count). The van der Waals surface area contributed by atoms with Crippen LogP contribution < -0.4 is 5.73 Å². The molecule has 0 saturated heterocycles. The third-order valence-electron chi connectivity index (χ3n) is 3.11. The van der Waals surface area contributed by atoms with Gasteiger partial charge < -0.3 is 5.73 Å². The van der Waals surface area contributed by atoms with Crippen LogP contribution in [0.5, 0.6) is 0 Å². The van der Waals surface area contributed by atoms with Gasteiger partial charge in [-0.3, -0.25) is 4.79 Å². The summed E-state index contributed by atoms with van der Waals surface area (Å²) in [4.78, 5) is 11.7. The molecule has 0 aromatic rings. The lowest BCUT2D eigenvalue weighted by molar-refractivity contribution is -0.123. The summed E-state index contributed by atoms with van der Waals surface area (Å²) in [6.45, 7) is 4.16. The van der Waals surface area contributed by atoms with Crippen molar-refractivity contribution in [2.75, 3.05) is 0 Å². The van der Waals surface area contributed by atoms with Gasteiger partial charge in [-0.05, 0) is 31.6 Å². The summed E-state index contributed by atoms with van der Waals surface area (Å²) in [6.07, 6.45) is 5.01. The topological polar surface area (TPSA) is 43.1 Å². The minimum absolute atomic E-state index is 0.146. The molecule has 2 heteroatoms. The van der Waals surface area contributed by atoms with Crippen molar-refractivity contribution in [1.29, 1.82) is 0 Å². The molecule has 2 nitrogen and oxygen atoms in total. The molecule has 1 atom stereocenters. The lowest BCUT2D eigenvalue weighted by atomic mass is 9.92. The zero-order valence-corrected chi connectivity index (χ0v) is 8.75. The second-order valence-corrected chi connectivity index (χ2v) is 4.19. The number of carbonyl (C=O) groups is 1. The van der Waals surface area contributed by atoms with Crippen molar-refractivity contribution in [1.82, 2.24) is 0 Å². The van der Waals surface area contributed by atoms with Crippen LogP contribution in [0.15, 0.2) is 0 Å². The molecule has 76 valence electrons. The van der Waals surface area contributed by atoms with Gasteiger partial charge >= 0.3 is 0 Å². The maximum atomic E-state index is 11.7. The Balaban J connectivity index is 2.29. The fourth-order valence-electron chi connectivity index (χ4n) is 1.83. The Morgan fingerprint density at radius 3 is 2.31 bits per heavy atom. The van der Waals surface area contributed by atoms with Crippen molar-refractivity contribution >= 4 is 5.78 Å². The maximum Gasteiger partial charge on any atom is 0.137 e. The smallest absolute Gasteiger partial charge is 0.137 e. The molecule has 0 aromatic heterocycles. The first-order valence-electron chi connectivity index (χ1n) is 5.47. The van der Waals surface area contributed by atoms with Crippen LogP contribution in [0, 0.1) is 11.8 Å². The highest BCUT2D eigenvalue weighted by Gasteiger charge is 2.30. The van der Waals surface area contributed by atoms with Gasteiger partial charge in [-0.15, -0.1) is 0 Å². The molecule has 1 unspecified atom stereocenters. The Kier molecular flexibility index (Phi) is 3.91. The SMILES string of the molecule is CCC(CC)C(=O)CC(N)C1CC1. The van der Waals surface area contributed by atoms with Gasteiger partial charge in [0.2, 0.25) is 0 Å². The number of rotatable bonds is 6. The largest absolute Gasteiger partial charge is 0.327 e. The first kappa shape index (κ1) is 10.7. The Morgan fingerprint density at radius 1 is 1.38 bits per heavy atom. The molecule has 1 saturated carbocycles. The Labute approximate surface area is 80.9 Å². The zero-order valence-electron chi connectivity index (χ0n) is 8.75. The van der Waals surface area contributed by atoms with Gasteiger partial charge in [-0.2, -0.15) is 0 Å². The van der Waals surface area contributed by atoms with Gasteiger partial charge in [0.05, 0.1) is 0 Å². The Morgan fingerprint density at radius 2 is 1.92 bits per heavy atom. The summed E-state index contributed by atoms with van der Waals surface area (Å²) >= 11 is 0. The molecule has 2 N–H and O–H groups in total. The highest BCUT2D eigenvalue weighted by molar-refractivity contribution is 5.81. The van der Waals surface area contributed by atoms with Crippen LogP contribution in [0.1, 0.15) is 46.0 Å². The second-order valence-electron chi connectivity index (χ2n) is 4.19. The van der Waals surface area contributed by atoms with E-state index in [1.54, 1.807) is 0 Å². The van der Waals surface area contributed by atoms with Gasteiger partial charge in [0.1, 0.15) is 5.78 Å². The highest BCUT2D eigenvalue weighted by Crippen LogP contribution is 2.33. The molecule has 0 aromatic carbocycles. The average Bonchev–Trinajstić information content (AvgIpc) is 2.88. The monoisotopic (exact) mass is 183 g/mol. The third-order valence-corrected chi connectivity index (χ3v) is 3.11. The molecule has 0 heterocycles. The van der Waals surface area contributed by atoms with Gasteiger partial charge in [0.15, 0.2) is 0 Å².